The Bertz CT molecular complexity index is 2050. The monoisotopic (exact) mass is 621 g/mol. The Labute approximate surface area is 285 Å². The van der Waals surface area contributed by atoms with Gasteiger partial charge in [-0.1, -0.05) is 122 Å². The Hall–Kier alpha value is -4.62. The molecule has 0 aliphatic heterocycles. The van der Waals surface area contributed by atoms with Crippen molar-refractivity contribution in [1.82, 2.24) is 0 Å². The zero-order valence-corrected chi connectivity index (χ0v) is 27.6. The predicted molar refractivity (Wildman–Crippen MR) is 201 cm³/mol. The van der Waals surface area contributed by atoms with Gasteiger partial charge in [-0.3, -0.25) is 0 Å². The van der Waals surface area contributed by atoms with Crippen molar-refractivity contribution < 1.29 is 0 Å². The third-order valence-corrected chi connectivity index (χ3v) is 12.6. The van der Waals surface area contributed by atoms with E-state index in [1.165, 1.54) is 89.7 Å². The largest absolute Gasteiger partial charge is 0.338 e. The number of fused-ring (bicyclic) bond motifs is 5. The average molecular weight is 622 g/mol. The quantitative estimate of drug-likeness (QED) is 0.193. The summed E-state index contributed by atoms with van der Waals surface area (Å²) in [5, 5.41) is 0. The number of rotatable bonds is 4. The van der Waals surface area contributed by atoms with Crippen LogP contribution in [0.5, 0.6) is 0 Å². The molecule has 1 heteroatoms. The molecule has 0 heterocycles. The van der Waals surface area contributed by atoms with Crippen LogP contribution in [-0.2, 0) is 0 Å². The molecule has 0 saturated heterocycles. The molecular weight excluding hydrogens is 579 g/mol. The lowest BCUT2D eigenvalue weighted by Gasteiger charge is -2.38. The standard InChI is InChI=1S/C47H43N/c1-2-14-35(15-3-1)48(37-16-8-13-31-11-4-5-12-33(31)29-37)36-26-23-32(24-27-36)34-25-28-39-42-20-10-21-43-44-22-9-19-41(47(44)45(39)30-34)38-17-6-7-18-40(38)46(42)43/h1-7,9,11-12,14-15,17-19,22-28,30-31,33,37,42-43,46H,8,10,13,16,20-21,29H2. The van der Waals surface area contributed by atoms with Gasteiger partial charge in [0.15, 0.2) is 0 Å². The van der Waals surface area contributed by atoms with Gasteiger partial charge in [-0.05, 0) is 142 Å². The summed E-state index contributed by atoms with van der Waals surface area (Å²) in [6.45, 7) is 0. The average Bonchev–Trinajstić information content (AvgIpc) is 3.42. The summed E-state index contributed by atoms with van der Waals surface area (Å²) in [6.07, 6.45) is 18.3. The number of hydrogen-bond acceptors (Lipinski definition) is 1. The van der Waals surface area contributed by atoms with Gasteiger partial charge < -0.3 is 4.90 Å². The highest BCUT2D eigenvalue weighted by molar-refractivity contribution is 5.93. The molecule has 0 radical (unpaired) electrons. The van der Waals surface area contributed by atoms with Crippen molar-refractivity contribution in [3.05, 3.63) is 156 Å². The molecule has 0 spiro atoms. The first kappa shape index (κ1) is 28.4. The van der Waals surface area contributed by atoms with Gasteiger partial charge in [0.1, 0.15) is 0 Å². The lowest BCUT2D eigenvalue weighted by atomic mass is 9.65. The van der Waals surface area contributed by atoms with E-state index in [9.17, 15) is 0 Å². The zero-order valence-electron chi connectivity index (χ0n) is 27.6. The molecule has 10 rings (SSSR count). The molecule has 5 aromatic rings. The van der Waals surface area contributed by atoms with Crippen LogP contribution in [-0.4, -0.2) is 6.04 Å². The number of nitrogens with zero attached hydrogens (tertiary/aromatic N) is 1. The summed E-state index contributed by atoms with van der Waals surface area (Å²) in [5.74, 6) is 3.04. The van der Waals surface area contributed by atoms with E-state index < -0.39 is 0 Å². The number of para-hydroxylation sites is 1. The summed E-state index contributed by atoms with van der Waals surface area (Å²) in [6, 6.07) is 45.0. The highest BCUT2D eigenvalue weighted by Gasteiger charge is 2.44. The van der Waals surface area contributed by atoms with Crippen LogP contribution < -0.4 is 4.90 Å². The topological polar surface area (TPSA) is 3.24 Å². The van der Waals surface area contributed by atoms with Gasteiger partial charge >= 0.3 is 0 Å². The van der Waals surface area contributed by atoms with Crippen molar-refractivity contribution in [2.24, 2.45) is 11.8 Å². The normalized spacial score (nSPS) is 26.0. The van der Waals surface area contributed by atoms with Gasteiger partial charge in [-0.2, -0.15) is 0 Å². The van der Waals surface area contributed by atoms with E-state index in [1.807, 2.05) is 0 Å². The fourth-order valence-electron chi connectivity index (χ4n) is 10.5. The molecule has 6 unspecified atom stereocenters. The van der Waals surface area contributed by atoms with E-state index in [0.717, 1.165) is 0 Å². The molecule has 2 fully saturated rings. The Morgan fingerprint density at radius 2 is 1.17 bits per heavy atom. The Kier molecular flexibility index (Phi) is 6.81. The highest BCUT2D eigenvalue weighted by atomic mass is 15.2. The molecule has 0 N–H and O–H groups in total. The second kappa shape index (κ2) is 11.5. The molecule has 48 heavy (non-hydrogen) atoms. The van der Waals surface area contributed by atoms with E-state index in [0.29, 0.717) is 35.6 Å². The Balaban J connectivity index is 1.05. The van der Waals surface area contributed by atoms with Crippen LogP contribution in [0.4, 0.5) is 11.4 Å². The number of allylic oxidation sites excluding steroid dienone is 4. The van der Waals surface area contributed by atoms with Crippen LogP contribution in [0.2, 0.25) is 0 Å². The molecule has 5 aliphatic rings. The minimum atomic E-state index is 0.479. The van der Waals surface area contributed by atoms with Gasteiger partial charge in [0.05, 0.1) is 0 Å². The molecule has 2 saturated carbocycles. The summed E-state index contributed by atoms with van der Waals surface area (Å²) in [5.41, 5.74) is 15.8. The molecule has 6 atom stereocenters. The number of anilines is 2. The summed E-state index contributed by atoms with van der Waals surface area (Å²) in [7, 11) is 0. The Morgan fingerprint density at radius 3 is 2.04 bits per heavy atom. The Morgan fingerprint density at radius 1 is 0.479 bits per heavy atom. The van der Waals surface area contributed by atoms with Crippen LogP contribution in [0.25, 0.3) is 33.4 Å². The summed E-state index contributed by atoms with van der Waals surface area (Å²) < 4.78 is 0. The molecule has 5 aromatic carbocycles. The molecule has 1 nitrogen and oxygen atoms in total. The minimum absolute atomic E-state index is 0.479. The smallest absolute Gasteiger partial charge is 0.0413 e. The molecule has 6 bridgehead atoms. The van der Waals surface area contributed by atoms with Crippen LogP contribution in [0.3, 0.4) is 0 Å². The first-order valence-corrected chi connectivity index (χ1v) is 18.5. The second-order valence-electron chi connectivity index (χ2n) is 15.0. The lowest BCUT2D eigenvalue weighted by Crippen LogP contribution is -2.32. The van der Waals surface area contributed by atoms with Crippen molar-refractivity contribution >= 4 is 11.4 Å². The lowest BCUT2D eigenvalue weighted by molar-refractivity contribution is 0.344. The minimum Gasteiger partial charge on any atom is -0.338 e. The molecule has 236 valence electrons. The fraction of sp³-hybridized carbons (Fsp3) is 0.277. The summed E-state index contributed by atoms with van der Waals surface area (Å²) >= 11 is 0. The van der Waals surface area contributed by atoms with Crippen molar-refractivity contribution in [1.29, 1.82) is 0 Å². The van der Waals surface area contributed by atoms with E-state index in [1.54, 1.807) is 16.7 Å². The van der Waals surface area contributed by atoms with Gasteiger partial charge in [-0.25, -0.2) is 0 Å². The number of benzene rings is 5. The highest BCUT2D eigenvalue weighted by Crippen LogP contribution is 2.62. The van der Waals surface area contributed by atoms with Crippen LogP contribution in [0.1, 0.15) is 79.4 Å². The fourth-order valence-corrected chi connectivity index (χ4v) is 10.5. The maximum absolute atomic E-state index is 2.64. The molecule has 0 amide bonds. The van der Waals surface area contributed by atoms with E-state index in [-0.39, 0.29) is 0 Å². The van der Waals surface area contributed by atoms with Gasteiger partial charge in [0, 0.05) is 17.4 Å². The van der Waals surface area contributed by atoms with Gasteiger partial charge in [0.2, 0.25) is 0 Å². The molecule has 5 aliphatic carbocycles. The van der Waals surface area contributed by atoms with Crippen LogP contribution >= 0.6 is 0 Å². The van der Waals surface area contributed by atoms with E-state index >= 15 is 0 Å². The third kappa shape index (κ3) is 4.51. The van der Waals surface area contributed by atoms with E-state index in [2.05, 4.69) is 144 Å². The predicted octanol–water partition coefficient (Wildman–Crippen LogP) is 12.6. The SMILES string of the molecule is C1=CC2CCCC(N(c3ccccc3)c3ccc(-c4ccc5c(c4)-c4c6cccc4C4CCCC5C4c4ccccc4-6)cc3)CC2C=C1. The molecule has 0 aromatic heterocycles. The van der Waals surface area contributed by atoms with Gasteiger partial charge in [-0.15, -0.1) is 0 Å². The summed E-state index contributed by atoms with van der Waals surface area (Å²) in [4.78, 5) is 2.64. The van der Waals surface area contributed by atoms with Gasteiger partial charge in [0.25, 0.3) is 0 Å². The van der Waals surface area contributed by atoms with Crippen LogP contribution in [0, 0.1) is 11.8 Å². The third-order valence-electron chi connectivity index (χ3n) is 12.6. The first-order valence-electron chi connectivity index (χ1n) is 18.5. The van der Waals surface area contributed by atoms with Crippen molar-refractivity contribution in [3.8, 4) is 33.4 Å². The maximum atomic E-state index is 2.64. The van der Waals surface area contributed by atoms with Crippen molar-refractivity contribution in [2.45, 2.75) is 68.7 Å². The second-order valence-corrected chi connectivity index (χ2v) is 15.0. The zero-order chi connectivity index (χ0) is 31.6. The van der Waals surface area contributed by atoms with Crippen LogP contribution in [0.15, 0.2) is 140 Å². The van der Waals surface area contributed by atoms with Crippen molar-refractivity contribution in [2.75, 3.05) is 4.90 Å². The molecular formula is C47H43N. The first-order chi connectivity index (χ1) is 23.8. The van der Waals surface area contributed by atoms with Crippen molar-refractivity contribution in [3.63, 3.8) is 0 Å². The number of hydrogen-bond donors (Lipinski definition) is 0. The maximum Gasteiger partial charge on any atom is 0.0413 e. The van der Waals surface area contributed by atoms with E-state index in [4.69, 9.17) is 0 Å².